The van der Waals surface area contributed by atoms with E-state index in [9.17, 15) is 0 Å². The molecule has 0 saturated carbocycles. The summed E-state index contributed by atoms with van der Waals surface area (Å²) in [6, 6.07) is 2.01. The number of nitrogens with one attached hydrogen (secondary N) is 1. The second kappa shape index (κ2) is 5.57. The molecule has 0 bridgehead atoms. The van der Waals surface area contributed by atoms with Crippen LogP contribution in [-0.4, -0.2) is 39.7 Å². The quantitative estimate of drug-likeness (QED) is 0.548. The zero-order chi connectivity index (χ0) is 13.1. The van der Waals surface area contributed by atoms with Gasteiger partial charge in [-0.25, -0.2) is 15.8 Å². The highest BCUT2D eigenvalue weighted by atomic mass is 32.1. The molecule has 1 atom stereocenters. The van der Waals surface area contributed by atoms with E-state index in [1.807, 2.05) is 30.3 Å². The topological polar surface area (TPSA) is 87.3 Å². The van der Waals surface area contributed by atoms with Gasteiger partial charge in [0.25, 0.3) is 0 Å². The smallest absolute Gasteiger partial charge is 0.152 e. The van der Waals surface area contributed by atoms with E-state index < -0.39 is 0 Å². The van der Waals surface area contributed by atoms with E-state index in [2.05, 4.69) is 15.4 Å². The Morgan fingerprint density at radius 1 is 1.56 bits per heavy atom. The second-order valence-electron chi connectivity index (χ2n) is 4.22. The predicted octanol–water partition coefficient (Wildman–Crippen LogP) is 0.789. The molecule has 0 aliphatic carbocycles. The molecular formula is C11H17N5OS. The molecule has 18 heavy (non-hydrogen) atoms. The van der Waals surface area contributed by atoms with Crippen molar-refractivity contribution in [2.75, 3.05) is 19.1 Å². The Bertz CT molecular complexity index is 529. The molecular weight excluding hydrogens is 250 g/mol. The molecule has 1 unspecified atom stereocenters. The minimum Gasteiger partial charge on any atom is -0.395 e. The van der Waals surface area contributed by atoms with Crippen molar-refractivity contribution in [3.8, 4) is 0 Å². The number of nitrogens with two attached hydrogens (primary N) is 1. The van der Waals surface area contributed by atoms with Crippen LogP contribution in [0.15, 0.2) is 11.4 Å². The van der Waals surface area contributed by atoms with Crippen molar-refractivity contribution in [1.29, 1.82) is 0 Å². The molecule has 0 spiro atoms. The summed E-state index contributed by atoms with van der Waals surface area (Å²) >= 11 is 1.56. The molecule has 2 heterocycles. The number of rotatable bonds is 5. The van der Waals surface area contributed by atoms with Crippen molar-refractivity contribution in [3.05, 3.63) is 17.3 Å². The van der Waals surface area contributed by atoms with Gasteiger partial charge in [0.2, 0.25) is 0 Å². The second-order valence-corrected chi connectivity index (χ2v) is 5.11. The lowest BCUT2D eigenvalue weighted by atomic mass is 10.3. The third kappa shape index (κ3) is 2.59. The van der Waals surface area contributed by atoms with Crippen molar-refractivity contribution in [2.45, 2.75) is 19.5 Å². The number of anilines is 1. The van der Waals surface area contributed by atoms with E-state index in [4.69, 9.17) is 10.9 Å². The monoisotopic (exact) mass is 267 g/mol. The number of nitrogen functional groups attached to an aromatic ring is 1. The summed E-state index contributed by atoms with van der Waals surface area (Å²) in [4.78, 5) is 11.8. The number of thiophene rings is 1. The number of hydrazine groups is 1. The normalized spacial score (nSPS) is 13.2. The molecule has 0 saturated heterocycles. The fourth-order valence-corrected chi connectivity index (χ4v) is 2.38. The van der Waals surface area contributed by atoms with Gasteiger partial charge in [0.15, 0.2) is 5.82 Å². The van der Waals surface area contributed by atoms with Crippen LogP contribution in [0.4, 0.5) is 5.82 Å². The SMILES string of the molecule is CC(CO)N(C)Cc1nc(NN)c2ccsc2n1. The molecule has 0 aliphatic rings. The molecule has 98 valence electrons. The van der Waals surface area contributed by atoms with Gasteiger partial charge in [-0.1, -0.05) is 0 Å². The van der Waals surface area contributed by atoms with Crippen LogP contribution in [0.1, 0.15) is 12.7 Å². The van der Waals surface area contributed by atoms with Gasteiger partial charge in [-0.15, -0.1) is 11.3 Å². The van der Waals surface area contributed by atoms with E-state index in [0.29, 0.717) is 18.2 Å². The maximum absolute atomic E-state index is 9.11. The Hall–Kier alpha value is -1.28. The molecule has 4 N–H and O–H groups in total. The number of aliphatic hydroxyl groups is 1. The van der Waals surface area contributed by atoms with Crippen molar-refractivity contribution in [2.24, 2.45) is 5.84 Å². The lowest BCUT2D eigenvalue weighted by Crippen LogP contribution is -2.32. The van der Waals surface area contributed by atoms with E-state index in [1.165, 1.54) is 0 Å². The van der Waals surface area contributed by atoms with E-state index >= 15 is 0 Å². The fourth-order valence-electron chi connectivity index (χ4n) is 1.60. The molecule has 2 aromatic heterocycles. The molecule has 0 fully saturated rings. The zero-order valence-electron chi connectivity index (χ0n) is 10.4. The first-order chi connectivity index (χ1) is 8.65. The van der Waals surface area contributed by atoms with Crippen LogP contribution in [0.2, 0.25) is 0 Å². The minimum absolute atomic E-state index is 0.0712. The van der Waals surface area contributed by atoms with Crippen LogP contribution < -0.4 is 11.3 Å². The van der Waals surface area contributed by atoms with Crippen molar-refractivity contribution in [1.82, 2.24) is 14.9 Å². The van der Waals surface area contributed by atoms with Crippen LogP contribution in [0, 0.1) is 0 Å². The minimum atomic E-state index is 0.0712. The van der Waals surface area contributed by atoms with Gasteiger partial charge >= 0.3 is 0 Å². The van der Waals surface area contributed by atoms with Gasteiger partial charge in [-0.3, -0.25) is 4.90 Å². The molecule has 0 aliphatic heterocycles. The van der Waals surface area contributed by atoms with Crippen LogP contribution >= 0.6 is 11.3 Å². The Morgan fingerprint density at radius 2 is 2.33 bits per heavy atom. The largest absolute Gasteiger partial charge is 0.395 e. The van der Waals surface area contributed by atoms with Crippen molar-refractivity contribution < 1.29 is 5.11 Å². The van der Waals surface area contributed by atoms with Crippen molar-refractivity contribution >= 4 is 27.4 Å². The number of fused-ring (bicyclic) bond motifs is 1. The molecule has 0 radical (unpaired) electrons. The summed E-state index contributed by atoms with van der Waals surface area (Å²) in [7, 11) is 1.93. The summed E-state index contributed by atoms with van der Waals surface area (Å²) in [5.41, 5.74) is 2.60. The van der Waals surface area contributed by atoms with Gasteiger partial charge < -0.3 is 10.5 Å². The Morgan fingerprint density at radius 3 is 3.00 bits per heavy atom. The molecule has 2 rings (SSSR count). The summed E-state index contributed by atoms with van der Waals surface area (Å²) < 4.78 is 0. The van der Waals surface area contributed by atoms with Gasteiger partial charge in [0.1, 0.15) is 10.7 Å². The third-order valence-corrected chi connectivity index (χ3v) is 3.72. The van der Waals surface area contributed by atoms with E-state index in [0.717, 1.165) is 10.2 Å². The number of hydrogen-bond donors (Lipinski definition) is 3. The summed E-state index contributed by atoms with van der Waals surface area (Å²) in [5, 5.41) is 12.0. The lowest BCUT2D eigenvalue weighted by Gasteiger charge is -2.21. The van der Waals surface area contributed by atoms with Crippen LogP contribution in [0.3, 0.4) is 0 Å². The van der Waals surface area contributed by atoms with Gasteiger partial charge in [-0.05, 0) is 25.4 Å². The zero-order valence-corrected chi connectivity index (χ0v) is 11.2. The average Bonchev–Trinajstić information content (AvgIpc) is 2.84. The lowest BCUT2D eigenvalue weighted by molar-refractivity contribution is 0.151. The number of aromatic nitrogens is 2. The number of nitrogens with zero attached hydrogens (tertiary/aromatic N) is 3. The number of hydrogen-bond acceptors (Lipinski definition) is 7. The molecule has 7 heteroatoms. The summed E-state index contributed by atoms with van der Waals surface area (Å²) in [6.45, 7) is 2.63. The maximum Gasteiger partial charge on any atom is 0.152 e. The summed E-state index contributed by atoms with van der Waals surface area (Å²) in [6.07, 6.45) is 0. The van der Waals surface area contributed by atoms with Crippen molar-refractivity contribution in [3.63, 3.8) is 0 Å². The Balaban J connectivity index is 2.28. The first-order valence-electron chi connectivity index (χ1n) is 5.67. The van der Waals surface area contributed by atoms with E-state index in [-0.39, 0.29) is 12.6 Å². The molecule has 0 amide bonds. The Kier molecular flexibility index (Phi) is 4.07. The molecule has 6 nitrogen and oxygen atoms in total. The van der Waals surface area contributed by atoms with Gasteiger partial charge in [-0.2, -0.15) is 0 Å². The first-order valence-corrected chi connectivity index (χ1v) is 6.55. The van der Waals surface area contributed by atoms with Crippen LogP contribution in [-0.2, 0) is 6.54 Å². The third-order valence-electron chi connectivity index (χ3n) is 2.92. The van der Waals surface area contributed by atoms with Gasteiger partial charge in [0.05, 0.1) is 18.5 Å². The molecule has 2 aromatic rings. The maximum atomic E-state index is 9.11. The predicted molar refractivity (Wildman–Crippen MR) is 73.2 cm³/mol. The summed E-state index contributed by atoms with van der Waals surface area (Å²) in [5.74, 6) is 6.81. The highest BCUT2D eigenvalue weighted by Gasteiger charge is 2.13. The van der Waals surface area contributed by atoms with E-state index in [1.54, 1.807) is 11.3 Å². The molecule has 0 aromatic carbocycles. The van der Waals surface area contributed by atoms with Crippen LogP contribution in [0.25, 0.3) is 10.2 Å². The highest BCUT2D eigenvalue weighted by molar-refractivity contribution is 7.16. The van der Waals surface area contributed by atoms with Gasteiger partial charge in [0, 0.05) is 6.04 Å². The first kappa shape index (κ1) is 13.2. The fraction of sp³-hybridized carbons (Fsp3) is 0.455. The number of likely N-dealkylation sites (N-methyl/N-ethyl adjacent to an activating group) is 1. The average molecular weight is 267 g/mol. The highest BCUT2D eigenvalue weighted by Crippen LogP contribution is 2.24. The Labute approximate surface area is 109 Å². The standard InChI is InChI=1S/C11H17N5OS/c1-7(6-17)16(2)5-9-13-10(15-12)8-3-4-18-11(8)14-9/h3-4,7,17H,5-6,12H2,1-2H3,(H,13,14,15). The van der Waals surface area contributed by atoms with Crippen LogP contribution in [0.5, 0.6) is 0 Å². The number of aliphatic hydroxyl groups excluding tert-OH is 1.